The van der Waals surface area contributed by atoms with E-state index in [1.165, 1.54) is 19.3 Å². The molecular formula is C32H32ClF2N5O. The van der Waals surface area contributed by atoms with Gasteiger partial charge in [-0.1, -0.05) is 41.9 Å². The number of halogens is 3. The molecule has 4 aromatic rings. The van der Waals surface area contributed by atoms with Crippen molar-refractivity contribution in [3.63, 3.8) is 0 Å². The van der Waals surface area contributed by atoms with Crippen LogP contribution in [0.2, 0.25) is 5.02 Å². The van der Waals surface area contributed by atoms with Crippen molar-refractivity contribution in [2.24, 2.45) is 11.8 Å². The van der Waals surface area contributed by atoms with Crippen LogP contribution in [0.15, 0.2) is 42.6 Å². The number of rotatable bonds is 5. The fourth-order valence-corrected chi connectivity index (χ4v) is 8.32. The standard InChI is InChI=1S/C32H32ClF2N5O/c33-25-7-2-5-21-4-1-6-23(26(21)25)28-27(35)29-24(14-36-28)30(39-15-19-8-9-20(12-19)16-39)38-31(37-29)41-18-32-10-3-11-40(32)17-22(34)13-32/h1-2,4-7,14,19-20,22H,3,8-13,15-18H2/t19?,20?,22-,32?/m1/s1. The summed E-state index contributed by atoms with van der Waals surface area (Å²) in [6, 6.07) is 11.5. The van der Waals surface area contributed by atoms with Gasteiger partial charge in [0.1, 0.15) is 29.8 Å². The van der Waals surface area contributed by atoms with E-state index in [0.717, 1.165) is 43.2 Å². The van der Waals surface area contributed by atoms with Gasteiger partial charge in [-0.05, 0) is 61.9 Å². The van der Waals surface area contributed by atoms with E-state index in [-0.39, 0.29) is 22.8 Å². The molecule has 2 aromatic carbocycles. The first-order chi connectivity index (χ1) is 20.0. The Bertz CT molecular complexity index is 1650. The molecule has 5 heterocycles. The molecule has 1 aliphatic carbocycles. The van der Waals surface area contributed by atoms with Crippen molar-refractivity contribution in [3.05, 3.63) is 53.4 Å². The van der Waals surface area contributed by atoms with Crippen molar-refractivity contribution in [1.82, 2.24) is 19.9 Å². The van der Waals surface area contributed by atoms with E-state index < -0.39 is 12.0 Å². The first kappa shape index (κ1) is 25.6. The van der Waals surface area contributed by atoms with Gasteiger partial charge >= 0.3 is 6.01 Å². The summed E-state index contributed by atoms with van der Waals surface area (Å²) in [5.74, 6) is 1.38. The number of ether oxygens (including phenoxy) is 1. The highest BCUT2D eigenvalue weighted by Crippen LogP contribution is 2.43. The van der Waals surface area contributed by atoms with Crippen LogP contribution in [0.1, 0.15) is 38.5 Å². The number of benzene rings is 2. The first-order valence-corrected chi connectivity index (χ1v) is 15.2. The van der Waals surface area contributed by atoms with Crippen LogP contribution in [0, 0.1) is 17.7 Å². The minimum absolute atomic E-state index is 0.140. The summed E-state index contributed by atoms with van der Waals surface area (Å²) in [5.41, 5.74) is 0.658. The van der Waals surface area contributed by atoms with Crippen LogP contribution < -0.4 is 9.64 Å². The Hall–Kier alpha value is -3.10. The highest BCUT2D eigenvalue weighted by atomic mass is 35.5. The van der Waals surface area contributed by atoms with Gasteiger partial charge in [-0.15, -0.1) is 0 Å². The van der Waals surface area contributed by atoms with Crippen molar-refractivity contribution < 1.29 is 13.5 Å². The summed E-state index contributed by atoms with van der Waals surface area (Å²) < 4.78 is 37.3. The van der Waals surface area contributed by atoms with Gasteiger partial charge in [0, 0.05) is 48.2 Å². The Balaban J connectivity index is 1.25. The predicted octanol–water partition coefficient (Wildman–Crippen LogP) is 6.83. The summed E-state index contributed by atoms with van der Waals surface area (Å²) in [6.07, 6.45) is 6.87. The van der Waals surface area contributed by atoms with Crippen molar-refractivity contribution in [2.75, 3.05) is 37.7 Å². The predicted molar refractivity (Wildman–Crippen MR) is 157 cm³/mol. The maximum absolute atomic E-state index is 16.6. The van der Waals surface area contributed by atoms with Crippen molar-refractivity contribution in [2.45, 2.75) is 50.2 Å². The minimum Gasteiger partial charge on any atom is -0.461 e. The zero-order valence-electron chi connectivity index (χ0n) is 22.8. The molecule has 4 aliphatic rings. The van der Waals surface area contributed by atoms with Crippen LogP contribution in [-0.4, -0.2) is 64.3 Å². The van der Waals surface area contributed by atoms with Crippen molar-refractivity contribution in [1.29, 1.82) is 0 Å². The smallest absolute Gasteiger partial charge is 0.319 e. The number of aromatic nitrogens is 3. The highest BCUT2D eigenvalue weighted by molar-refractivity contribution is 6.36. The molecule has 41 heavy (non-hydrogen) atoms. The Labute approximate surface area is 242 Å². The SMILES string of the molecule is Fc1c(-c2cccc3cccc(Cl)c23)ncc2c(N3CC4CCC(C4)C3)nc(OCC34CCCN3C[C@H](F)C4)nc12. The number of alkyl halides is 1. The van der Waals surface area contributed by atoms with E-state index in [1.54, 1.807) is 12.3 Å². The number of nitrogens with zero attached hydrogens (tertiary/aromatic N) is 5. The molecule has 2 aromatic heterocycles. The summed E-state index contributed by atoms with van der Waals surface area (Å²) >= 11 is 6.59. The summed E-state index contributed by atoms with van der Waals surface area (Å²) in [5, 5.41) is 2.79. The molecule has 8 rings (SSSR count). The Kier molecular flexibility index (Phi) is 6.08. The summed E-state index contributed by atoms with van der Waals surface area (Å²) in [4.78, 5) is 18.6. The number of hydrogen-bond acceptors (Lipinski definition) is 6. The molecule has 3 saturated heterocycles. The molecule has 2 bridgehead atoms. The molecule has 4 fully saturated rings. The lowest BCUT2D eigenvalue weighted by molar-refractivity contribution is 0.107. The van der Waals surface area contributed by atoms with E-state index in [9.17, 15) is 4.39 Å². The summed E-state index contributed by atoms with van der Waals surface area (Å²) in [6.45, 7) is 3.38. The van der Waals surface area contributed by atoms with E-state index in [1.807, 2.05) is 30.3 Å². The molecule has 4 atom stereocenters. The summed E-state index contributed by atoms with van der Waals surface area (Å²) in [7, 11) is 0. The van der Waals surface area contributed by atoms with E-state index >= 15 is 4.39 Å². The largest absolute Gasteiger partial charge is 0.461 e. The van der Waals surface area contributed by atoms with Crippen LogP contribution in [0.25, 0.3) is 32.9 Å². The Morgan fingerprint density at radius 2 is 1.85 bits per heavy atom. The highest BCUT2D eigenvalue weighted by Gasteiger charge is 2.49. The molecule has 9 heteroatoms. The quantitative estimate of drug-likeness (QED) is 0.260. The molecule has 3 unspecified atom stereocenters. The third-order valence-electron chi connectivity index (χ3n) is 9.89. The topological polar surface area (TPSA) is 54.4 Å². The van der Waals surface area contributed by atoms with Gasteiger partial charge in [-0.25, -0.2) is 8.78 Å². The maximum Gasteiger partial charge on any atom is 0.319 e. The molecule has 0 amide bonds. The number of pyridine rings is 1. The monoisotopic (exact) mass is 575 g/mol. The molecule has 0 radical (unpaired) electrons. The lowest BCUT2D eigenvalue weighted by Crippen LogP contribution is -2.43. The van der Waals surface area contributed by atoms with Gasteiger partial charge in [0.15, 0.2) is 5.82 Å². The van der Waals surface area contributed by atoms with Gasteiger partial charge in [-0.3, -0.25) is 9.88 Å². The zero-order valence-corrected chi connectivity index (χ0v) is 23.6. The van der Waals surface area contributed by atoms with Gasteiger partial charge in [0.05, 0.1) is 10.9 Å². The lowest BCUT2D eigenvalue weighted by Gasteiger charge is -2.34. The number of piperidine rings is 1. The second kappa shape index (κ2) is 9.73. The molecular weight excluding hydrogens is 544 g/mol. The van der Waals surface area contributed by atoms with Gasteiger partial charge in [-0.2, -0.15) is 9.97 Å². The fourth-order valence-electron chi connectivity index (χ4n) is 8.04. The minimum atomic E-state index is -0.852. The van der Waals surface area contributed by atoms with Crippen LogP contribution in [0.3, 0.4) is 0 Å². The normalized spacial score (nSPS) is 27.7. The third kappa shape index (κ3) is 4.24. The molecule has 212 valence electrons. The van der Waals surface area contributed by atoms with Gasteiger partial charge in [0.2, 0.25) is 0 Å². The number of fused-ring (bicyclic) bond motifs is 5. The Morgan fingerprint density at radius 1 is 1.05 bits per heavy atom. The van der Waals surface area contributed by atoms with Crippen molar-refractivity contribution in [3.8, 4) is 17.3 Å². The average molecular weight is 576 g/mol. The van der Waals surface area contributed by atoms with E-state index in [0.29, 0.717) is 53.2 Å². The lowest BCUT2D eigenvalue weighted by atomic mass is 9.95. The maximum atomic E-state index is 16.6. The van der Waals surface area contributed by atoms with E-state index in [2.05, 4.69) is 19.8 Å². The second-order valence-electron chi connectivity index (χ2n) is 12.5. The first-order valence-electron chi connectivity index (χ1n) is 14.8. The van der Waals surface area contributed by atoms with Crippen LogP contribution in [0.4, 0.5) is 14.6 Å². The van der Waals surface area contributed by atoms with E-state index in [4.69, 9.17) is 21.3 Å². The van der Waals surface area contributed by atoms with Gasteiger partial charge < -0.3 is 9.64 Å². The molecule has 1 saturated carbocycles. The van der Waals surface area contributed by atoms with Crippen LogP contribution in [0.5, 0.6) is 6.01 Å². The second-order valence-corrected chi connectivity index (χ2v) is 12.9. The van der Waals surface area contributed by atoms with Crippen LogP contribution in [-0.2, 0) is 0 Å². The van der Waals surface area contributed by atoms with Gasteiger partial charge in [0.25, 0.3) is 0 Å². The Morgan fingerprint density at radius 3 is 2.68 bits per heavy atom. The molecule has 0 spiro atoms. The molecule has 6 nitrogen and oxygen atoms in total. The van der Waals surface area contributed by atoms with Crippen LogP contribution >= 0.6 is 11.6 Å². The number of anilines is 1. The van der Waals surface area contributed by atoms with Crippen molar-refractivity contribution >= 4 is 39.1 Å². The molecule has 0 N–H and O–H groups in total. The fraction of sp³-hybridized carbons (Fsp3) is 0.469. The zero-order chi connectivity index (χ0) is 27.7. The third-order valence-corrected chi connectivity index (χ3v) is 10.2. The molecule has 3 aliphatic heterocycles. The number of hydrogen-bond donors (Lipinski definition) is 0. The average Bonchev–Trinajstić information content (AvgIpc) is 3.62.